The molecule has 1 aliphatic heterocycles. The van der Waals surface area contributed by atoms with Gasteiger partial charge in [0, 0.05) is 13.1 Å². The average Bonchev–Trinajstić information content (AvgIpc) is 2.89. The number of rotatable bonds is 5. The maximum absolute atomic E-state index is 11.7. The highest BCUT2D eigenvalue weighted by molar-refractivity contribution is 5.45. The highest BCUT2D eigenvalue weighted by Crippen LogP contribution is 2.17. The van der Waals surface area contributed by atoms with Crippen molar-refractivity contribution in [3.8, 4) is 0 Å². The molecule has 2 aromatic heterocycles. The van der Waals surface area contributed by atoms with E-state index in [0.29, 0.717) is 11.6 Å². The van der Waals surface area contributed by atoms with Crippen LogP contribution >= 0.6 is 0 Å². The van der Waals surface area contributed by atoms with Crippen LogP contribution in [0.5, 0.6) is 0 Å². The third-order valence-electron chi connectivity index (χ3n) is 3.95. The number of piperidine rings is 1. The fraction of sp³-hybridized carbons (Fsp3) is 0.643. The number of nitrogens with zero attached hydrogens (tertiary/aromatic N) is 4. The van der Waals surface area contributed by atoms with Gasteiger partial charge in [0.15, 0.2) is 5.65 Å². The van der Waals surface area contributed by atoms with E-state index in [9.17, 15) is 4.79 Å². The normalized spacial score (nSPS) is 19.0. The van der Waals surface area contributed by atoms with Crippen LogP contribution in [0.1, 0.15) is 26.2 Å². The molecule has 0 radical (unpaired) electrons. The first-order chi connectivity index (χ1) is 10.3. The minimum Gasteiger partial charge on any atom is -0.355 e. The van der Waals surface area contributed by atoms with Crippen molar-refractivity contribution in [1.29, 1.82) is 0 Å². The minimum atomic E-state index is -0.289. The summed E-state index contributed by atoms with van der Waals surface area (Å²) in [4.78, 5) is 13.9. The summed E-state index contributed by atoms with van der Waals surface area (Å²) in [7, 11) is 0. The lowest BCUT2D eigenvalue weighted by atomic mass is 9.99. The van der Waals surface area contributed by atoms with Crippen molar-refractivity contribution in [3.05, 3.63) is 22.6 Å². The molecule has 1 fully saturated rings. The van der Waals surface area contributed by atoms with E-state index in [1.807, 2.05) is 12.1 Å². The van der Waals surface area contributed by atoms with Gasteiger partial charge >= 0.3 is 5.69 Å². The second kappa shape index (κ2) is 6.26. The quantitative estimate of drug-likeness (QED) is 0.844. The van der Waals surface area contributed by atoms with E-state index in [1.54, 1.807) is 0 Å². The number of anilines is 1. The zero-order valence-electron chi connectivity index (χ0n) is 12.4. The molecule has 1 atom stereocenters. The summed E-state index contributed by atoms with van der Waals surface area (Å²) in [5.41, 5.74) is 0.266. The molecule has 0 aliphatic carbocycles. The van der Waals surface area contributed by atoms with Crippen LogP contribution in [0.25, 0.3) is 5.65 Å². The average molecular weight is 290 g/mol. The molecule has 114 valence electrons. The zero-order valence-corrected chi connectivity index (χ0v) is 12.4. The van der Waals surface area contributed by atoms with E-state index in [2.05, 4.69) is 32.4 Å². The van der Waals surface area contributed by atoms with Crippen molar-refractivity contribution in [1.82, 2.24) is 25.1 Å². The maximum Gasteiger partial charge on any atom is 0.364 e. The molecule has 2 aromatic rings. The van der Waals surface area contributed by atoms with Crippen molar-refractivity contribution in [3.63, 3.8) is 0 Å². The van der Waals surface area contributed by atoms with Gasteiger partial charge in [-0.1, -0.05) is 6.92 Å². The minimum absolute atomic E-state index is 0.289. The zero-order chi connectivity index (χ0) is 14.7. The second-order valence-electron chi connectivity index (χ2n) is 5.65. The van der Waals surface area contributed by atoms with Gasteiger partial charge in [0.05, 0.1) is 0 Å². The first-order valence-corrected chi connectivity index (χ1v) is 7.68. The highest BCUT2D eigenvalue weighted by atomic mass is 16.2. The molecule has 3 rings (SSSR count). The molecule has 0 amide bonds. The number of aromatic amines is 1. The van der Waals surface area contributed by atoms with Crippen LogP contribution in [0.3, 0.4) is 0 Å². The van der Waals surface area contributed by atoms with Gasteiger partial charge in [-0.15, -0.1) is 5.10 Å². The molecule has 1 unspecified atom stereocenters. The lowest BCUT2D eigenvalue weighted by Gasteiger charge is -2.30. The van der Waals surface area contributed by atoms with Gasteiger partial charge in [0.2, 0.25) is 0 Å². The summed E-state index contributed by atoms with van der Waals surface area (Å²) < 4.78 is 1.33. The largest absolute Gasteiger partial charge is 0.364 e. The number of fused-ring (bicyclic) bond motifs is 1. The highest BCUT2D eigenvalue weighted by Gasteiger charge is 2.18. The Kier molecular flexibility index (Phi) is 4.19. The third kappa shape index (κ3) is 3.07. The van der Waals surface area contributed by atoms with Gasteiger partial charge in [-0.25, -0.2) is 9.89 Å². The second-order valence-corrected chi connectivity index (χ2v) is 5.65. The summed E-state index contributed by atoms with van der Waals surface area (Å²) in [6.07, 6.45) is 3.54. The van der Waals surface area contributed by atoms with Gasteiger partial charge in [-0.05, 0) is 50.4 Å². The Hall–Kier alpha value is -1.89. The lowest BCUT2D eigenvalue weighted by Crippen LogP contribution is -2.39. The van der Waals surface area contributed by atoms with Crippen LogP contribution < -0.4 is 15.9 Å². The van der Waals surface area contributed by atoms with E-state index in [4.69, 9.17) is 0 Å². The SMILES string of the molecule is CCCN(CC1CCCNC1)c1ccc2n[nH]c(=O)n2n1. The van der Waals surface area contributed by atoms with Crippen LogP contribution in [0.2, 0.25) is 0 Å². The molecular formula is C14H22N6O. The number of hydrogen-bond donors (Lipinski definition) is 2. The smallest absolute Gasteiger partial charge is 0.355 e. The summed E-state index contributed by atoms with van der Waals surface area (Å²) in [6.45, 7) is 6.27. The molecule has 7 heteroatoms. The van der Waals surface area contributed by atoms with Crippen molar-refractivity contribution in [2.24, 2.45) is 5.92 Å². The monoisotopic (exact) mass is 290 g/mol. The van der Waals surface area contributed by atoms with Gasteiger partial charge in [-0.2, -0.15) is 9.61 Å². The van der Waals surface area contributed by atoms with Crippen LogP contribution in [0, 0.1) is 5.92 Å². The Morgan fingerprint density at radius 1 is 1.48 bits per heavy atom. The van der Waals surface area contributed by atoms with E-state index in [0.717, 1.165) is 38.4 Å². The Morgan fingerprint density at radius 2 is 2.38 bits per heavy atom. The van der Waals surface area contributed by atoms with Crippen molar-refractivity contribution >= 4 is 11.5 Å². The summed E-state index contributed by atoms with van der Waals surface area (Å²) in [6, 6.07) is 3.78. The topological polar surface area (TPSA) is 78.3 Å². The van der Waals surface area contributed by atoms with Crippen LogP contribution in [0.4, 0.5) is 5.82 Å². The van der Waals surface area contributed by atoms with E-state index >= 15 is 0 Å². The van der Waals surface area contributed by atoms with E-state index in [-0.39, 0.29) is 5.69 Å². The standard InChI is InChI=1S/C14H22N6O/c1-2-8-19(10-11-4-3-7-15-9-11)13-6-5-12-16-17-14(21)20(12)18-13/h5-6,11,15H,2-4,7-10H2,1H3,(H,17,21). The predicted octanol–water partition coefficient (Wildman–Crippen LogP) is 0.634. The molecule has 0 saturated carbocycles. The summed E-state index contributed by atoms with van der Waals surface area (Å²) in [5, 5.41) is 14.2. The third-order valence-corrected chi connectivity index (χ3v) is 3.95. The molecule has 7 nitrogen and oxygen atoms in total. The summed E-state index contributed by atoms with van der Waals surface area (Å²) >= 11 is 0. The fourth-order valence-corrected chi connectivity index (χ4v) is 2.92. The van der Waals surface area contributed by atoms with Crippen LogP contribution in [-0.2, 0) is 0 Å². The number of aromatic nitrogens is 4. The Labute approximate surface area is 123 Å². The van der Waals surface area contributed by atoms with Gasteiger partial charge in [0.1, 0.15) is 5.82 Å². The van der Waals surface area contributed by atoms with Crippen LogP contribution in [-0.4, -0.2) is 46.0 Å². The summed E-state index contributed by atoms with van der Waals surface area (Å²) in [5.74, 6) is 1.49. The van der Waals surface area contributed by atoms with Crippen LogP contribution in [0.15, 0.2) is 16.9 Å². The Balaban J connectivity index is 1.83. The van der Waals surface area contributed by atoms with Crippen molar-refractivity contribution in [2.75, 3.05) is 31.1 Å². The molecule has 0 aromatic carbocycles. The predicted molar refractivity (Wildman–Crippen MR) is 81.7 cm³/mol. The number of hydrogen-bond acceptors (Lipinski definition) is 5. The lowest BCUT2D eigenvalue weighted by molar-refractivity contribution is 0.375. The first kappa shape index (κ1) is 14.1. The van der Waals surface area contributed by atoms with Gasteiger partial charge in [-0.3, -0.25) is 0 Å². The van der Waals surface area contributed by atoms with Gasteiger partial charge in [0.25, 0.3) is 0 Å². The van der Waals surface area contributed by atoms with Gasteiger partial charge < -0.3 is 10.2 Å². The van der Waals surface area contributed by atoms with E-state index in [1.165, 1.54) is 17.4 Å². The first-order valence-electron chi connectivity index (χ1n) is 7.68. The molecule has 0 spiro atoms. The Morgan fingerprint density at radius 3 is 3.14 bits per heavy atom. The molecule has 2 N–H and O–H groups in total. The maximum atomic E-state index is 11.7. The number of nitrogens with one attached hydrogen (secondary N) is 2. The van der Waals surface area contributed by atoms with E-state index < -0.39 is 0 Å². The molecule has 0 bridgehead atoms. The van der Waals surface area contributed by atoms with Crippen molar-refractivity contribution in [2.45, 2.75) is 26.2 Å². The number of H-pyrrole nitrogens is 1. The fourth-order valence-electron chi connectivity index (χ4n) is 2.92. The molecule has 21 heavy (non-hydrogen) atoms. The van der Waals surface area contributed by atoms with Crippen molar-refractivity contribution < 1.29 is 0 Å². The molecule has 3 heterocycles. The molecular weight excluding hydrogens is 268 g/mol. The Bertz CT molecular complexity index is 642. The molecule has 1 aliphatic rings. The molecule has 1 saturated heterocycles.